The van der Waals surface area contributed by atoms with Crippen LogP contribution in [0.4, 0.5) is 3.89 Å². The number of halogens is 1. The van der Waals surface area contributed by atoms with E-state index in [1.54, 1.807) is 6.07 Å². The normalized spacial score (nSPS) is 11.0. The third-order valence-electron chi connectivity index (χ3n) is 0.863. The third kappa shape index (κ3) is 2.94. The predicted octanol–water partition coefficient (Wildman–Crippen LogP) is -0.383. The lowest BCUT2D eigenvalue weighted by Crippen LogP contribution is -2.43. The molecule has 1 aromatic heterocycles. The Hall–Kier alpha value is -1.17. The van der Waals surface area contributed by atoms with E-state index in [1.807, 2.05) is 0 Å². The van der Waals surface area contributed by atoms with Gasteiger partial charge in [0.05, 0.1) is 0 Å². The Bertz CT molecular complexity index is 323. The van der Waals surface area contributed by atoms with E-state index in [4.69, 9.17) is 0 Å². The molecule has 0 aliphatic heterocycles. The molecule has 0 radical (unpaired) electrons. The van der Waals surface area contributed by atoms with Crippen LogP contribution in [0.5, 0.6) is 0 Å². The molecule has 0 aliphatic carbocycles. The predicted molar refractivity (Wildman–Crippen MR) is 33.2 cm³/mol. The molecule has 0 atom stereocenters. The molecule has 1 rings (SSSR count). The number of hydrogen-bond donors (Lipinski definition) is 0. The molecule has 0 amide bonds. The van der Waals surface area contributed by atoms with Gasteiger partial charge in [0.25, 0.3) is 0 Å². The molecule has 0 spiro atoms. The maximum atomic E-state index is 11.8. The van der Waals surface area contributed by atoms with Gasteiger partial charge in [0.15, 0.2) is 0 Å². The highest BCUT2D eigenvalue weighted by Crippen LogP contribution is 1.83. The molecule has 0 saturated carbocycles. The summed E-state index contributed by atoms with van der Waals surface area (Å²) >= 11 is 0. The highest BCUT2D eigenvalue weighted by molar-refractivity contribution is 7.81. The minimum absolute atomic E-state index is 0.745. The lowest BCUT2D eigenvalue weighted by atomic mass is 10.5. The van der Waals surface area contributed by atoms with Crippen LogP contribution < -0.4 is 9.01 Å². The van der Waals surface area contributed by atoms with Crippen molar-refractivity contribution in [2.45, 2.75) is 0 Å². The average Bonchev–Trinajstić information content (AvgIpc) is 1.85. The van der Waals surface area contributed by atoms with Crippen LogP contribution in [0.1, 0.15) is 0 Å². The van der Waals surface area contributed by atoms with Crippen molar-refractivity contribution in [3.05, 3.63) is 30.6 Å². The van der Waals surface area contributed by atoms with Gasteiger partial charge in [0.1, 0.15) is 0 Å². The van der Waals surface area contributed by atoms with Crippen molar-refractivity contribution in [1.82, 2.24) is 0 Å². The molecule has 1 aromatic rings. The van der Waals surface area contributed by atoms with Gasteiger partial charge in [0.2, 0.25) is 12.4 Å². The standard InChI is InChI=1S/C5H5FNO3S/c6-11(8,9)10-7-4-2-1-3-5-7/h1-5H/q+1. The van der Waals surface area contributed by atoms with Crippen molar-refractivity contribution < 1.29 is 21.3 Å². The van der Waals surface area contributed by atoms with E-state index in [2.05, 4.69) is 4.28 Å². The Morgan fingerprint density at radius 3 is 2.18 bits per heavy atom. The van der Waals surface area contributed by atoms with Crippen molar-refractivity contribution in [1.29, 1.82) is 0 Å². The van der Waals surface area contributed by atoms with Crippen LogP contribution in [0.15, 0.2) is 30.6 Å². The average molecular weight is 178 g/mol. The number of nitrogens with zero attached hydrogens (tertiary/aromatic N) is 1. The van der Waals surface area contributed by atoms with Crippen LogP contribution in [0.3, 0.4) is 0 Å². The molecular weight excluding hydrogens is 173 g/mol. The number of hydrogen-bond acceptors (Lipinski definition) is 3. The Labute approximate surface area is 63.2 Å². The summed E-state index contributed by atoms with van der Waals surface area (Å²) in [5, 5.41) is 0. The van der Waals surface area contributed by atoms with Gasteiger partial charge in [-0.15, -0.1) is 4.28 Å². The maximum absolute atomic E-state index is 11.8. The first kappa shape index (κ1) is 7.93. The van der Waals surface area contributed by atoms with Crippen molar-refractivity contribution in [2.75, 3.05) is 0 Å². The fourth-order valence-electron chi connectivity index (χ4n) is 0.535. The first-order valence-electron chi connectivity index (χ1n) is 2.69. The number of pyridine rings is 1. The lowest BCUT2D eigenvalue weighted by Gasteiger charge is -1.87. The lowest BCUT2D eigenvalue weighted by molar-refractivity contribution is -0.857. The minimum Gasteiger partial charge on any atom is -0.150 e. The highest BCUT2D eigenvalue weighted by Gasteiger charge is 2.14. The van der Waals surface area contributed by atoms with Crippen LogP contribution in [0, 0.1) is 0 Å². The molecule has 11 heavy (non-hydrogen) atoms. The summed E-state index contributed by atoms with van der Waals surface area (Å²) in [7, 11) is -4.91. The van der Waals surface area contributed by atoms with E-state index in [0.29, 0.717) is 0 Å². The minimum atomic E-state index is -4.91. The molecule has 4 nitrogen and oxygen atoms in total. The third-order valence-corrected chi connectivity index (χ3v) is 1.21. The molecule has 0 bridgehead atoms. The summed E-state index contributed by atoms with van der Waals surface area (Å²) in [4.78, 5) is 0. The van der Waals surface area contributed by atoms with E-state index in [0.717, 1.165) is 4.73 Å². The van der Waals surface area contributed by atoms with Gasteiger partial charge in [-0.1, -0.05) is 9.95 Å². The van der Waals surface area contributed by atoms with Crippen LogP contribution in [0.2, 0.25) is 0 Å². The first-order chi connectivity index (χ1) is 5.08. The summed E-state index contributed by atoms with van der Waals surface area (Å²) < 4.78 is 36.2. The van der Waals surface area contributed by atoms with Crippen molar-refractivity contribution >= 4 is 10.5 Å². The first-order valence-corrected chi connectivity index (χ1v) is 4.00. The second-order valence-corrected chi connectivity index (χ2v) is 2.64. The van der Waals surface area contributed by atoms with Crippen LogP contribution in [-0.2, 0) is 10.5 Å². The van der Waals surface area contributed by atoms with Crippen LogP contribution in [0.25, 0.3) is 0 Å². The van der Waals surface area contributed by atoms with Crippen molar-refractivity contribution in [3.63, 3.8) is 0 Å². The van der Waals surface area contributed by atoms with Crippen molar-refractivity contribution in [3.8, 4) is 0 Å². The number of rotatable bonds is 2. The van der Waals surface area contributed by atoms with Gasteiger partial charge >= 0.3 is 10.5 Å². The summed E-state index contributed by atoms with van der Waals surface area (Å²) in [5.41, 5.74) is 0. The largest absolute Gasteiger partial charge is 0.542 e. The van der Waals surface area contributed by atoms with Gasteiger partial charge in [0, 0.05) is 16.9 Å². The fourth-order valence-corrected chi connectivity index (χ4v) is 0.840. The maximum Gasteiger partial charge on any atom is 0.542 e. The van der Waals surface area contributed by atoms with Crippen molar-refractivity contribution in [2.24, 2.45) is 0 Å². The summed E-state index contributed by atoms with van der Waals surface area (Å²) in [6.45, 7) is 0. The smallest absolute Gasteiger partial charge is 0.150 e. The van der Waals surface area contributed by atoms with Gasteiger partial charge < -0.3 is 0 Å². The summed E-state index contributed by atoms with van der Waals surface area (Å²) in [6.07, 6.45) is 2.52. The van der Waals surface area contributed by atoms with Gasteiger partial charge in [-0.2, -0.15) is 8.42 Å². The van der Waals surface area contributed by atoms with Crippen LogP contribution in [-0.4, -0.2) is 8.42 Å². The summed E-state index contributed by atoms with van der Waals surface area (Å²) in [5.74, 6) is 0. The molecule has 0 fully saturated rings. The van der Waals surface area contributed by atoms with Gasteiger partial charge in [-0.05, 0) is 0 Å². The van der Waals surface area contributed by atoms with Crippen LogP contribution >= 0.6 is 0 Å². The molecule has 6 heteroatoms. The van der Waals surface area contributed by atoms with Gasteiger partial charge in [-0.25, -0.2) is 0 Å². The molecule has 60 valence electrons. The number of aromatic nitrogens is 1. The molecular formula is C5H5FNO3S+. The molecule has 0 saturated heterocycles. The Morgan fingerprint density at radius 2 is 1.73 bits per heavy atom. The monoisotopic (exact) mass is 178 g/mol. The Kier molecular flexibility index (Phi) is 2.04. The quantitative estimate of drug-likeness (QED) is 0.458. The zero-order chi connectivity index (χ0) is 8.32. The van der Waals surface area contributed by atoms with Gasteiger partial charge in [-0.3, -0.25) is 0 Å². The Balaban J connectivity index is 2.82. The topological polar surface area (TPSA) is 47.3 Å². The fraction of sp³-hybridized carbons (Fsp3) is 0. The highest BCUT2D eigenvalue weighted by atomic mass is 32.3. The molecule has 0 aliphatic rings. The van der Waals surface area contributed by atoms with E-state index in [9.17, 15) is 12.3 Å². The zero-order valence-corrected chi connectivity index (χ0v) is 6.16. The molecule has 0 N–H and O–H groups in total. The SMILES string of the molecule is O=S(=O)(F)O[n+]1ccccc1. The second-order valence-electron chi connectivity index (χ2n) is 1.70. The Morgan fingerprint density at radius 1 is 1.18 bits per heavy atom. The molecule has 0 unspecified atom stereocenters. The van der Waals surface area contributed by atoms with E-state index in [-0.39, 0.29) is 0 Å². The van der Waals surface area contributed by atoms with E-state index >= 15 is 0 Å². The van der Waals surface area contributed by atoms with E-state index in [1.165, 1.54) is 24.5 Å². The second kappa shape index (κ2) is 2.83. The zero-order valence-electron chi connectivity index (χ0n) is 5.34. The summed E-state index contributed by atoms with van der Waals surface area (Å²) in [6, 6.07) is 4.65. The molecule has 0 aromatic carbocycles. The molecule has 1 heterocycles. The van der Waals surface area contributed by atoms with E-state index < -0.39 is 10.5 Å².